The van der Waals surface area contributed by atoms with Crippen molar-refractivity contribution in [2.45, 2.75) is 38.9 Å². The second kappa shape index (κ2) is 3.85. The van der Waals surface area contributed by atoms with Gasteiger partial charge in [-0.2, -0.15) is 0 Å². The summed E-state index contributed by atoms with van der Waals surface area (Å²) in [5.74, 6) is 3.02. The maximum Gasteiger partial charge on any atom is 0.0198 e. The molecular formula is C8H14S. The van der Waals surface area contributed by atoms with Gasteiger partial charge in [-0.05, 0) is 5.25 Å². The zero-order valence-corrected chi connectivity index (χ0v) is 7.43. The molecule has 0 aliphatic heterocycles. The van der Waals surface area contributed by atoms with Crippen LogP contribution in [0, 0.1) is 11.2 Å². The fourth-order valence-electron chi connectivity index (χ4n) is 0.261. The minimum atomic E-state index is 0.294. The van der Waals surface area contributed by atoms with Gasteiger partial charge in [0.2, 0.25) is 0 Å². The quantitative estimate of drug-likeness (QED) is 0.469. The lowest BCUT2D eigenvalue weighted by molar-refractivity contribution is 0.808. The van der Waals surface area contributed by atoms with E-state index in [1.54, 1.807) is 11.8 Å². The molecule has 0 saturated heterocycles. The van der Waals surface area contributed by atoms with Gasteiger partial charge in [-0.25, -0.2) is 0 Å². The van der Waals surface area contributed by atoms with Gasteiger partial charge < -0.3 is 0 Å². The number of thioether (sulfide) groups is 1. The van der Waals surface area contributed by atoms with E-state index in [1.807, 2.05) is 0 Å². The molecule has 0 aromatic rings. The van der Waals surface area contributed by atoms with Crippen LogP contribution in [0.4, 0.5) is 0 Å². The Labute approximate surface area is 62.4 Å². The first-order chi connectivity index (χ1) is 4.06. The third-order valence-corrected chi connectivity index (χ3v) is 1.46. The molecular weight excluding hydrogens is 128 g/mol. The zero-order valence-electron chi connectivity index (χ0n) is 6.62. The molecule has 0 fully saturated rings. The van der Waals surface area contributed by atoms with E-state index in [9.17, 15) is 0 Å². The van der Waals surface area contributed by atoms with Crippen LogP contribution in [0.1, 0.15) is 34.1 Å². The molecule has 0 nitrogen and oxygen atoms in total. The smallest absolute Gasteiger partial charge is 0.0198 e. The van der Waals surface area contributed by atoms with E-state index in [0.29, 0.717) is 4.75 Å². The van der Waals surface area contributed by atoms with Gasteiger partial charge in [0.1, 0.15) is 0 Å². The van der Waals surface area contributed by atoms with Crippen molar-refractivity contribution >= 4 is 11.8 Å². The molecule has 9 heavy (non-hydrogen) atoms. The lowest BCUT2D eigenvalue weighted by Crippen LogP contribution is -2.04. The van der Waals surface area contributed by atoms with Crippen LogP contribution in [-0.4, -0.2) is 4.75 Å². The Bertz CT molecular complexity index is 120. The summed E-state index contributed by atoms with van der Waals surface area (Å²) in [5, 5.41) is 3.04. The van der Waals surface area contributed by atoms with Crippen LogP contribution in [0.15, 0.2) is 0 Å². The molecule has 0 aliphatic rings. The molecule has 0 N–H and O–H groups in total. The van der Waals surface area contributed by atoms with Crippen LogP contribution in [0.2, 0.25) is 0 Å². The molecule has 0 aromatic carbocycles. The molecule has 0 unspecified atom stereocenters. The van der Waals surface area contributed by atoms with Crippen molar-refractivity contribution in [1.82, 2.24) is 0 Å². The Hall–Kier alpha value is -0.0900. The Morgan fingerprint density at radius 3 is 2.22 bits per heavy atom. The first-order valence-corrected chi connectivity index (χ1v) is 4.04. The van der Waals surface area contributed by atoms with E-state index in [2.05, 4.69) is 38.9 Å². The van der Waals surface area contributed by atoms with Crippen LogP contribution in [0.25, 0.3) is 0 Å². The van der Waals surface area contributed by atoms with Gasteiger partial charge in [0.25, 0.3) is 0 Å². The van der Waals surface area contributed by atoms with Gasteiger partial charge in [-0.3, -0.25) is 0 Å². The normalized spacial score (nSPS) is 10.2. The largest absolute Gasteiger partial charge is 0.0915 e. The molecule has 0 amide bonds. The van der Waals surface area contributed by atoms with E-state index in [0.717, 1.165) is 6.42 Å². The molecule has 1 heteroatoms. The molecule has 0 spiro atoms. The predicted molar refractivity (Wildman–Crippen MR) is 45.4 cm³/mol. The van der Waals surface area contributed by atoms with Gasteiger partial charge in [-0.1, -0.05) is 45.4 Å². The Morgan fingerprint density at radius 2 is 1.89 bits per heavy atom. The Morgan fingerprint density at radius 1 is 1.33 bits per heavy atom. The summed E-state index contributed by atoms with van der Waals surface area (Å²) in [5.41, 5.74) is 0. The molecule has 52 valence electrons. The van der Waals surface area contributed by atoms with Crippen LogP contribution in [0.5, 0.6) is 0 Å². The van der Waals surface area contributed by atoms with Crippen molar-refractivity contribution in [2.24, 2.45) is 0 Å². The lowest BCUT2D eigenvalue weighted by Gasteiger charge is -2.11. The minimum absolute atomic E-state index is 0.294. The van der Waals surface area contributed by atoms with Crippen LogP contribution < -0.4 is 0 Å². The van der Waals surface area contributed by atoms with Crippen molar-refractivity contribution in [1.29, 1.82) is 0 Å². The van der Waals surface area contributed by atoms with Crippen LogP contribution >= 0.6 is 11.8 Å². The highest BCUT2D eigenvalue weighted by Crippen LogP contribution is 2.21. The van der Waals surface area contributed by atoms with Crippen molar-refractivity contribution in [3.05, 3.63) is 0 Å². The summed E-state index contributed by atoms with van der Waals surface area (Å²) in [7, 11) is 0. The molecule has 0 bridgehead atoms. The summed E-state index contributed by atoms with van der Waals surface area (Å²) < 4.78 is 0.294. The van der Waals surface area contributed by atoms with Gasteiger partial charge in [0.05, 0.1) is 0 Å². The topological polar surface area (TPSA) is 0 Å². The van der Waals surface area contributed by atoms with Crippen molar-refractivity contribution in [3.8, 4) is 11.2 Å². The van der Waals surface area contributed by atoms with Gasteiger partial charge in [0.15, 0.2) is 0 Å². The molecule has 0 aliphatic carbocycles. The van der Waals surface area contributed by atoms with E-state index in [4.69, 9.17) is 0 Å². The summed E-state index contributed by atoms with van der Waals surface area (Å²) in [6.07, 6.45) is 0.961. The molecule has 0 radical (unpaired) electrons. The average molecular weight is 142 g/mol. The van der Waals surface area contributed by atoms with Gasteiger partial charge in [-0.15, -0.1) is 0 Å². The maximum atomic E-state index is 3.04. The zero-order chi connectivity index (χ0) is 7.33. The lowest BCUT2D eigenvalue weighted by atomic mass is 10.3. The van der Waals surface area contributed by atoms with Crippen molar-refractivity contribution in [2.75, 3.05) is 0 Å². The summed E-state index contributed by atoms with van der Waals surface area (Å²) in [6.45, 7) is 8.57. The monoisotopic (exact) mass is 142 g/mol. The fourth-order valence-corrected chi connectivity index (χ4v) is 0.784. The molecule has 0 heterocycles. The van der Waals surface area contributed by atoms with Crippen LogP contribution in [-0.2, 0) is 0 Å². The Balaban J connectivity index is 3.50. The maximum absolute atomic E-state index is 3.04. The van der Waals surface area contributed by atoms with Gasteiger partial charge >= 0.3 is 0 Å². The van der Waals surface area contributed by atoms with E-state index in [-0.39, 0.29) is 0 Å². The summed E-state index contributed by atoms with van der Waals surface area (Å²) in [4.78, 5) is 0. The minimum Gasteiger partial charge on any atom is -0.0915 e. The molecule has 0 saturated carbocycles. The van der Waals surface area contributed by atoms with E-state index < -0.39 is 0 Å². The average Bonchev–Trinajstić information content (AvgIpc) is 1.63. The van der Waals surface area contributed by atoms with Gasteiger partial charge in [0, 0.05) is 11.2 Å². The third kappa shape index (κ3) is 7.91. The standard InChI is InChI=1S/C8H14S/c1-5-6-7-9-8(2,3)4/h5H2,1-4H3. The highest BCUT2D eigenvalue weighted by Gasteiger charge is 2.07. The molecule has 0 rings (SSSR count). The SMILES string of the molecule is CCC#CSC(C)(C)C. The number of rotatable bonds is 0. The third-order valence-electron chi connectivity index (χ3n) is 0.606. The summed E-state index contributed by atoms with van der Waals surface area (Å²) in [6, 6.07) is 0. The summed E-state index contributed by atoms with van der Waals surface area (Å²) >= 11 is 1.70. The first-order valence-electron chi connectivity index (χ1n) is 3.22. The second-order valence-corrected chi connectivity index (χ2v) is 4.48. The highest BCUT2D eigenvalue weighted by molar-refractivity contribution is 8.05. The first kappa shape index (κ1) is 8.91. The fraction of sp³-hybridized carbons (Fsp3) is 0.750. The number of hydrogen-bond acceptors (Lipinski definition) is 1. The Kier molecular flexibility index (Phi) is 3.81. The van der Waals surface area contributed by atoms with Crippen molar-refractivity contribution in [3.63, 3.8) is 0 Å². The highest BCUT2D eigenvalue weighted by atomic mass is 32.2. The van der Waals surface area contributed by atoms with E-state index >= 15 is 0 Å². The van der Waals surface area contributed by atoms with Crippen LogP contribution in [0.3, 0.4) is 0 Å². The predicted octanol–water partition coefficient (Wildman–Crippen LogP) is 2.89. The number of hydrogen-bond donors (Lipinski definition) is 0. The molecule has 0 aromatic heterocycles. The molecule has 0 atom stereocenters. The second-order valence-electron chi connectivity index (χ2n) is 2.85. The van der Waals surface area contributed by atoms with Crippen molar-refractivity contribution < 1.29 is 0 Å². The van der Waals surface area contributed by atoms with E-state index in [1.165, 1.54) is 0 Å².